The maximum atomic E-state index is 9.44. The van der Waals surface area contributed by atoms with Crippen molar-refractivity contribution in [2.75, 3.05) is 26.2 Å². The maximum Gasteiger partial charge on any atom is 0.195 e. The van der Waals surface area contributed by atoms with Crippen molar-refractivity contribution < 1.29 is 5.11 Å². The Morgan fingerprint density at radius 1 is 1.50 bits per heavy atom. The lowest BCUT2D eigenvalue weighted by Crippen LogP contribution is -2.40. The number of imidazole rings is 1. The number of aliphatic hydroxyl groups is 1. The Hall–Kier alpha value is -0.660. The first-order valence-electron chi connectivity index (χ1n) is 7.84. The molecule has 2 N–H and O–H groups in total. The number of likely N-dealkylation sites (tertiary alicyclic amines) is 1. The number of nitrogens with one attached hydrogen (secondary N) is 1. The first-order valence-corrected chi connectivity index (χ1v) is 9.10. The van der Waals surface area contributed by atoms with Crippen LogP contribution < -0.4 is 5.32 Å². The summed E-state index contributed by atoms with van der Waals surface area (Å²) in [7, 11) is 0. The molecule has 0 aliphatic carbocycles. The number of nitrogens with zero attached hydrogens (tertiary/aromatic N) is 3. The predicted molar refractivity (Wildman–Crippen MR) is 90.6 cm³/mol. The fraction of sp³-hybridized carbons (Fsp3) is 0.667. The van der Waals surface area contributed by atoms with Crippen molar-refractivity contribution in [2.45, 2.75) is 32.4 Å². The average molecular weight is 343 g/mol. The molecule has 1 saturated heterocycles. The van der Waals surface area contributed by atoms with Crippen LogP contribution in [-0.2, 0) is 6.54 Å². The monoisotopic (exact) mass is 342 g/mol. The van der Waals surface area contributed by atoms with Crippen LogP contribution in [-0.4, -0.2) is 51.7 Å². The molecule has 2 aromatic rings. The van der Waals surface area contributed by atoms with E-state index in [1.54, 1.807) is 11.3 Å². The van der Waals surface area contributed by atoms with Crippen LogP contribution in [0.2, 0.25) is 5.15 Å². The molecule has 3 rings (SSSR count). The van der Waals surface area contributed by atoms with E-state index in [9.17, 15) is 5.11 Å². The third kappa shape index (κ3) is 3.81. The van der Waals surface area contributed by atoms with Crippen LogP contribution in [0.25, 0.3) is 4.96 Å². The van der Waals surface area contributed by atoms with Crippen LogP contribution in [0.15, 0.2) is 11.6 Å². The van der Waals surface area contributed by atoms with Crippen molar-refractivity contribution in [3.63, 3.8) is 0 Å². The van der Waals surface area contributed by atoms with Gasteiger partial charge in [0.2, 0.25) is 0 Å². The molecule has 0 unspecified atom stereocenters. The first kappa shape index (κ1) is 16.2. The standard InChI is InChI=1S/C15H23ClN4OS/c1-11(21)10-19-4-2-12(3-5-19)8-17-9-13-14(16)18-15-20(13)6-7-22-15/h6-7,11-12,17,21H,2-5,8-10H2,1H3/t11-/m1/s1. The highest BCUT2D eigenvalue weighted by molar-refractivity contribution is 7.15. The van der Waals surface area contributed by atoms with Gasteiger partial charge in [-0.2, -0.15) is 0 Å². The molecule has 0 amide bonds. The van der Waals surface area contributed by atoms with Crippen molar-refractivity contribution in [1.29, 1.82) is 0 Å². The maximum absolute atomic E-state index is 9.44. The zero-order chi connectivity index (χ0) is 15.5. The third-order valence-corrected chi connectivity index (χ3v) is 5.33. The lowest BCUT2D eigenvalue weighted by atomic mass is 9.96. The summed E-state index contributed by atoms with van der Waals surface area (Å²) in [4.78, 5) is 7.66. The van der Waals surface area contributed by atoms with Gasteiger partial charge in [0.05, 0.1) is 11.8 Å². The molecule has 0 aromatic carbocycles. The number of fused-ring (bicyclic) bond motifs is 1. The molecule has 1 fully saturated rings. The molecule has 3 heterocycles. The highest BCUT2D eigenvalue weighted by atomic mass is 35.5. The number of aromatic nitrogens is 2. The Bertz CT molecular complexity index is 604. The Labute approximate surface area is 139 Å². The Kier molecular flexibility index (Phi) is 5.36. The van der Waals surface area contributed by atoms with E-state index >= 15 is 0 Å². The molecule has 1 atom stereocenters. The van der Waals surface area contributed by atoms with Gasteiger partial charge in [0.25, 0.3) is 0 Å². The first-order chi connectivity index (χ1) is 10.6. The van der Waals surface area contributed by atoms with Gasteiger partial charge in [-0.1, -0.05) is 11.6 Å². The smallest absolute Gasteiger partial charge is 0.195 e. The Morgan fingerprint density at radius 2 is 2.27 bits per heavy atom. The quantitative estimate of drug-likeness (QED) is 0.845. The lowest BCUT2D eigenvalue weighted by Gasteiger charge is -2.32. The van der Waals surface area contributed by atoms with Gasteiger partial charge in [-0.05, 0) is 45.3 Å². The molecule has 122 valence electrons. The van der Waals surface area contributed by atoms with E-state index in [-0.39, 0.29) is 6.10 Å². The minimum absolute atomic E-state index is 0.230. The van der Waals surface area contributed by atoms with E-state index in [0.717, 1.165) is 43.4 Å². The molecule has 22 heavy (non-hydrogen) atoms. The number of piperidine rings is 1. The number of aliphatic hydroxyl groups excluding tert-OH is 1. The van der Waals surface area contributed by atoms with Crippen molar-refractivity contribution in [3.05, 3.63) is 22.4 Å². The molecule has 1 aliphatic rings. The topological polar surface area (TPSA) is 52.8 Å². The summed E-state index contributed by atoms with van der Waals surface area (Å²) in [5.74, 6) is 0.704. The number of hydrogen-bond acceptors (Lipinski definition) is 5. The zero-order valence-electron chi connectivity index (χ0n) is 12.8. The van der Waals surface area contributed by atoms with Gasteiger partial charge >= 0.3 is 0 Å². The largest absolute Gasteiger partial charge is 0.392 e. The van der Waals surface area contributed by atoms with Crippen LogP contribution in [0.4, 0.5) is 0 Å². The summed E-state index contributed by atoms with van der Waals surface area (Å²) in [6.45, 7) is 6.58. The number of thiazole rings is 1. The van der Waals surface area contributed by atoms with Gasteiger partial charge in [-0.3, -0.25) is 4.40 Å². The molecular weight excluding hydrogens is 320 g/mol. The zero-order valence-corrected chi connectivity index (χ0v) is 14.4. The second-order valence-electron chi connectivity index (χ2n) is 6.13. The third-order valence-electron chi connectivity index (χ3n) is 4.27. The minimum atomic E-state index is -0.230. The van der Waals surface area contributed by atoms with Crippen LogP contribution in [0, 0.1) is 5.92 Å². The van der Waals surface area contributed by atoms with Gasteiger partial charge in [-0.15, -0.1) is 11.3 Å². The molecule has 5 nitrogen and oxygen atoms in total. The molecular formula is C15H23ClN4OS. The molecule has 0 radical (unpaired) electrons. The highest BCUT2D eigenvalue weighted by Gasteiger charge is 2.20. The van der Waals surface area contributed by atoms with Gasteiger partial charge in [0, 0.05) is 24.7 Å². The van der Waals surface area contributed by atoms with Crippen molar-refractivity contribution in [3.8, 4) is 0 Å². The van der Waals surface area contributed by atoms with Gasteiger partial charge in [0.1, 0.15) is 0 Å². The van der Waals surface area contributed by atoms with Gasteiger partial charge in [0.15, 0.2) is 10.1 Å². The van der Waals surface area contributed by atoms with Crippen LogP contribution in [0.5, 0.6) is 0 Å². The fourth-order valence-corrected chi connectivity index (χ4v) is 4.13. The van der Waals surface area contributed by atoms with E-state index < -0.39 is 0 Å². The van der Waals surface area contributed by atoms with E-state index in [2.05, 4.69) is 19.6 Å². The van der Waals surface area contributed by atoms with E-state index in [1.807, 2.05) is 18.5 Å². The molecule has 2 aromatic heterocycles. The summed E-state index contributed by atoms with van der Waals surface area (Å²) in [5.41, 5.74) is 1.05. The SMILES string of the molecule is C[C@@H](O)CN1CCC(CNCc2c(Cl)nc3sccn23)CC1. The number of rotatable bonds is 6. The summed E-state index contributed by atoms with van der Waals surface area (Å²) in [6.07, 6.45) is 4.16. The van der Waals surface area contributed by atoms with Gasteiger partial charge < -0.3 is 15.3 Å². The summed E-state index contributed by atoms with van der Waals surface area (Å²) in [5, 5.41) is 15.6. The summed E-state index contributed by atoms with van der Waals surface area (Å²) >= 11 is 7.80. The molecule has 1 aliphatic heterocycles. The van der Waals surface area contributed by atoms with Crippen LogP contribution >= 0.6 is 22.9 Å². The van der Waals surface area contributed by atoms with Crippen molar-refractivity contribution in [2.24, 2.45) is 5.92 Å². The number of β-amino-alcohol motifs (C(OH)–C–C–N with tert-alkyl or cyclic N) is 1. The molecule has 0 bridgehead atoms. The van der Waals surface area contributed by atoms with Crippen molar-refractivity contribution >= 4 is 27.9 Å². The normalized spacial score (nSPS) is 19.0. The number of halogens is 1. The van der Waals surface area contributed by atoms with Crippen LogP contribution in [0.3, 0.4) is 0 Å². The molecule has 0 spiro atoms. The van der Waals surface area contributed by atoms with E-state index in [0.29, 0.717) is 11.1 Å². The molecule has 7 heteroatoms. The van der Waals surface area contributed by atoms with E-state index in [4.69, 9.17) is 11.6 Å². The lowest BCUT2D eigenvalue weighted by molar-refractivity contribution is 0.0998. The highest BCUT2D eigenvalue weighted by Crippen LogP contribution is 2.21. The van der Waals surface area contributed by atoms with Crippen molar-refractivity contribution in [1.82, 2.24) is 19.6 Å². The summed E-state index contributed by atoms with van der Waals surface area (Å²) in [6, 6.07) is 0. The Morgan fingerprint density at radius 3 is 3.00 bits per heavy atom. The number of hydrogen-bond donors (Lipinski definition) is 2. The Balaban J connectivity index is 1.44. The predicted octanol–water partition coefficient (Wildman–Crippen LogP) is 2.23. The van der Waals surface area contributed by atoms with Crippen LogP contribution in [0.1, 0.15) is 25.5 Å². The fourth-order valence-electron chi connectivity index (χ4n) is 3.11. The molecule has 0 saturated carbocycles. The van der Waals surface area contributed by atoms with Gasteiger partial charge in [-0.25, -0.2) is 4.98 Å². The second kappa shape index (κ2) is 7.27. The van der Waals surface area contributed by atoms with E-state index in [1.165, 1.54) is 12.8 Å². The second-order valence-corrected chi connectivity index (χ2v) is 7.36. The summed E-state index contributed by atoms with van der Waals surface area (Å²) < 4.78 is 2.06. The minimum Gasteiger partial charge on any atom is -0.392 e. The average Bonchev–Trinajstić information content (AvgIpc) is 3.02.